The summed E-state index contributed by atoms with van der Waals surface area (Å²) in [6, 6.07) is 5.18. The first kappa shape index (κ1) is 23.8. The lowest BCUT2D eigenvalue weighted by molar-refractivity contribution is -0.122. The van der Waals surface area contributed by atoms with E-state index in [1.807, 2.05) is 6.07 Å². The van der Waals surface area contributed by atoms with Crippen LogP contribution < -0.4 is 27.8 Å². The van der Waals surface area contributed by atoms with Crippen molar-refractivity contribution in [1.82, 2.24) is 24.8 Å². The number of likely N-dealkylation sites (tertiary alicyclic amines) is 1. The third-order valence-corrected chi connectivity index (χ3v) is 5.59. The number of unbranched alkanes of at least 4 members (excludes halogenated alkanes) is 1. The minimum atomic E-state index is -0.550. The zero-order valence-corrected chi connectivity index (χ0v) is 18.7. The molecule has 0 spiro atoms. The van der Waals surface area contributed by atoms with Gasteiger partial charge < -0.3 is 27.0 Å². The molecular formula is C22H34N8O2. The van der Waals surface area contributed by atoms with Gasteiger partial charge >= 0.3 is 5.69 Å². The molecule has 2 aromatic rings. The van der Waals surface area contributed by atoms with E-state index in [9.17, 15) is 9.59 Å². The number of nitrogens with one attached hydrogen (secondary N) is 2. The van der Waals surface area contributed by atoms with Crippen molar-refractivity contribution in [3.8, 4) is 0 Å². The Balaban J connectivity index is 1.43. The molecule has 1 saturated heterocycles. The van der Waals surface area contributed by atoms with Crippen LogP contribution in [0.3, 0.4) is 0 Å². The number of aromatic nitrogens is 3. The number of hydrogen-bond acceptors (Lipinski definition) is 8. The molecule has 1 unspecified atom stereocenters. The maximum atomic E-state index is 12.3. The van der Waals surface area contributed by atoms with Crippen LogP contribution in [0.25, 0.3) is 0 Å². The van der Waals surface area contributed by atoms with Crippen LogP contribution in [-0.4, -0.2) is 57.1 Å². The van der Waals surface area contributed by atoms with E-state index < -0.39 is 6.04 Å². The fraction of sp³-hybridized carbons (Fsp3) is 0.545. The molecule has 32 heavy (non-hydrogen) atoms. The van der Waals surface area contributed by atoms with Crippen molar-refractivity contribution in [1.29, 1.82) is 0 Å². The average molecular weight is 443 g/mol. The van der Waals surface area contributed by atoms with Crippen molar-refractivity contribution in [2.45, 2.75) is 57.8 Å². The van der Waals surface area contributed by atoms with Gasteiger partial charge in [-0.2, -0.15) is 4.98 Å². The molecule has 1 aliphatic heterocycles. The molecule has 10 nitrogen and oxygen atoms in total. The van der Waals surface area contributed by atoms with Crippen molar-refractivity contribution in [3.63, 3.8) is 0 Å². The molecular weight excluding hydrogens is 408 g/mol. The van der Waals surface area contributed by atoms with Gasteiger partial charge in [-0.1, -0.05) is 6.07 Å². The van der Waals surface area contributed by atoms with E-state index in [-0.39, 0.29) is 11.6 Å². The first-order chi connectivity index (χ1) is 15.4. The first-order valence-electron chi connectivity index (χ1n) is 11.2. The number of carbonyl (C=O) groups excluding carboxylic acids is 1. The van der Waals surface area contributed by atoms with E-state index in [1.54, 1.807) is 36.0 Å². The Morgan fingerprint density at radius 1 is 1.19 bits per heavy atom. The predicted molar refractivity (Wildman–Crippen MR) is 124 cm³/mol. The lowest BCUT2D eigenvalue weighted by Crippen LogP contribution is -2.40. The van der Waals surface area contributed by atoms with E-state index in [4.69, 9.17) is 11.5 Å². The van der Waals surface area contributed by atoms with Gasteiger partial charge in [0.25, 0.3) is 0 Å². The number of nitrogens with zero attached hydrogens (tertiary/aromatic N) is 4. The molecule has 10 heteroatoms. The fourth-order valence-electron chi connectivity index (χ4n) is 3.55. The molecule has 0 saturated carbocycles. The number of anilines is 2. The topological polar surface area (TPSA) is 144 Å². The second-order valence-corrected chi connectivity index (χ2v) is 8.36. The van der Waals surface area contributed by atoms with Crippen molar-refractivity contribution >= 4 is 17.5 Å². The van der Waals surface area contributed by atoms with Gasteiger partial charge in [-0.25, -0.2) is 9.78 Å². The molecule has 0 bridgehead atoms. The van der Waals surface area contributed by atoms with Gasteiger partial charge in [-0.15, -0.1) is 0 Å². The van der Waals surface area contributed by atoms with Crippen LogP contribution in [0.15, 0.2) is 35.4 Å². The van der Waals surface area contributed by atoms with Gasteiger partial charge in [0.05, 0.1) is 6.04 Å². The maximum absolute atomic E-state index is 12.3. The number of piperidine rings is 1. The zero-order valence-electron chi connectivity index (χ0n) is 18.7. The molecule has 174 valence electrons. The standard InChI is InChI=1S/C22H34N8O2/c1-16(23)21(31)26-15-17-4-5-19(25-14-17)27-20-8-13-30(22(32)28-20)10-3-2-9-29-11-6-18(24)7-12-29/h4-5,8,13-14,16,18H,2-3,6-7,9-12,15,23-24H2,1H3,(H,26,31)(H,25,27,28,32). The summed E-state index contributed by atoms with van der Waals surface area (Å²) in [5.74, 6) is 0.799. The Kier molecular flexibility index (Phi) is 8.72. The molecule has 0 radical (unpaired) electrons. The summed E-state index contributed by atoms with van der Waals surface area (Å²) in [5.41, 5.74) is 12.0. The van der Waals surface area contributed by atoms with Gasteiger partial charge in [0, 0.05) is 31.5 Å². The van der Waals surface area contributed by atoms with Gasteiger partial charge in [-0.05, 0) is 69.9 Å². The smallest absolute Gasteiger partial charge is 0.349 e. The van der Waals surface area contributed by atoms with Crippen LogP contribution >= 0.6 is 0 Å². The van der Waals surface area contributed by atoms with Crippen LogP contribution in [0.2, 0.25) is 0 Å². The molecule has 1 atom stereocenters. The summed E-state index contributed by atoms with van der Waals surface area (Å²) in [4.78, 5) is 34.7. The highest BCUT2D eigenvalue weighted by Crippen LogP contribution is 2.12. The SMILES string of the molecule is CC(N)C(=O)NCc1ccc(Nc2ccn(CCCCN3CCC(N)CC3)c(=O)n2)nc1. The van der Waals surface area contributed by atoms with Gasteiger partial charge in [-0.3, -0.25) is 9.36 Å². The lowest BCUT2D eigenvalue weighted by Gasteiger charge is -2.29. The van der Waals surface area contributed by atoms with E-state index in [0.717, 1.165) is 50.9 Å². The largest absolute Gasteiger partial charge is 0.351 e. The summed E-state index contributed by atoms with van der Waals surface area (Å²) in [6.07, 6.45) is 7.53. The first-order valence-corrected chi connectivity index (χ1v) is 11.2. The van der Waals surface area contributed by atoms with Gasteiger partial charge in [0.15, 0.2) is 0 Å². The molecule has 3 rings (SSSR count). The van der Waals surface area contributed by atoms with Gasteiger partial charge in [0.2, 0.25) is 5.91 Å². The van der Waals surface area contributed by atoms with Crippen LogP contribution in [0.1, 0.15) is 38.2 Å². The number of aryl methyl sites for hydroxylation is 1. The minimum Gasteiger partial charge on any atom is -0.351 e. The highest BCUT2D eigenvalue weighted by molar-refractivity contribution is 5.80. The normalized spacial score (nSPS) is 16.0. The third-order valence-electron chi connectivity index (χ3n) is 5.59. The van der Waals surface area contributed by atoms with Crippen LogP contribution in [-0.2, 0) is 17.9 Å². The highest BCUT2D eigenvalue weighted by atomic mass is 16.2. The molecule has 3 heterocycles. The van der Waals surface area contributed by atoms with Crippen molar-refractivity contribution in [2.75, 3.05) is 25.0 Å². The van der Waals surface area contributed by atoms with Crippen molar-refractivity contribution in [2.24, 2.45) is 11.5 Å². The number of nitrogens with two attached hydrogens (primary N) is 2. The number of hydrogen-bond donors (Lipinski definition) is 4. The molecule has 1 amide bonds. The van der Waals surface area contributed by atoms with E-state index >= 15 is 0 Å². The van der Waals surface area contributed by atoms with E-state index in [1.165, 1.54) is 0 Å². The summed E-state index contributed by atoms with van der Waals surface area (Å²) < 4.78 is 1.63. The molecule has 1 fully saturated rings. The predicted octanol–water partition coefficient (Wildman–Crippen LogP) is 0.549. The Hall–Kier alpha value is -2.82. The monoisotopic (exact) mass is 442 g/mol. The average Bonchev–Trinajstić information content (AvgIpc) is 2.78. The lowest BCUT2D eigenvalue weighted by atomic mass is 10.1. The highest BCUT2D eigenvalue weighted by Gasteiger charge is 2.15. The maximum Gasteiger partial charge on any atom is 0.349 e. The Morgan fingerprint density at radius 2 is 1.94 bits per heavy atom. The number of carbonyl (C=O) groups is 1. The number of amides is 1. The van der Waals surface area contributed by atoms with Crippen LogP contribution in [0, 0.1) is 0 Å². The molecule has 0 aromatic carbocycles. The van der Waals surface area contributed by atoms with Gasteiger partial charge in [0.1, 0.15) is 11.6 Å². The zero-order chi connectivity index (χ0) is 22.9. The molecule has 6 N–H and O–H groups in total. The molecule has 0 aliphatic carbocycles. The second-order valence-electron chi connectivity index (χ2n) is 8.36. The molecule has 1 aliphatic rings. The number of rotatable bonds is 10. The van der Waals surface area contributed by atoms with Crippen LogP contribution in [0.5, 0.6) is 0 Å². The van der Waals surface area contributed by atoms with E-state index in [0.29, 0.717) is 30.8 Å². The Bertz CT molecular complexity index is 920. The summed E-state index contributed by atoms with van der Waals surface area (Å²) in [7, 11) is 0. The van der Waals surface area contributed by atoms with E-state index in [2.05, 4.69) is 25.5 Å². The fourth-order valence-corrected chi connectivity index (χ4v) is 3.55. The summed E-state index contributed by atoms with van der Waals surface area (Å²) in [6.45, 7) is 5.82. The van der Waals surface area contributed by atoms with Crippen molar-refractivity contribution in [3.05, 3.63) is 46.6 Å². The summed E-state index contributed by atoms with van der Waals surface area (Å²) >= 11 is 0. The second kappa shape index (κ2) is 11.7. The van der Waals surface area contributed by atoms with Crippen LogP contribution in [0.4, 0.5) is 11.6 Å². The third kappa shape index (κ3) is 7.40. The number of pyridine rings is 1. The molecule has 2 aromatic heterocycles. The Morgan fingerprint density at radius 3 is 2.59 bits per heavy atom. The minimum absolute atomic E-state index is 0.215. The van der Waals surface area contributed by atoms with Crippen molar-refractivity contribution < 1.29 is 4.79 Å². The quantitative estimate of drug-likeness (QED) is 0.391. The summed E-state index contributed by atoms with van der Waals surface area (Å²) in [5, 5.41) is 5.77. The Labute approximate surface area is 188 Å².